The monoisotopic (exact) mass is 376 g/mol. The minimum Gasteiger partial charge on any atom is -0.494 e. The number of carbonyl (C=O) groups excluding carboxylic acids is 2. The summed E-state index contributed by atoms with van der Waals surface area (Å²) in [6, 6.07) is 1.91. The molecule has 0 aliphatic heterocycles. The topological polar surface area (TPSA) is 180 Å². The summed E-state index contributed by atoms with van der Waals surface area (Å²) in [4.78, 5) is 49.9. The second-order valence-corrected chi connectivity index (χ2v) is 5.94. The van der Waals surface area contributed by atoms with Crippen LogP contribution in [0, 0.1) is 18.3 Å². The number of thiophene rings is 1. The van der Waals surface area contributed by atoms with Gasteiger partial charge in [-0.25, -0.2) is 10.2 Å². The first-order valence-electron chi connectivity index (χ1n) is 6.94. The molecular weight excluding hydrogens is 364 g/mol. The summed E-state index contributed by atoms with van der Waals surface area (Å²) in [6.45, 7) is 2.81. The summed E-state index contributed by atoms with van der Waals surface area (Å²) in [6.07, 6.45) is 0.852. The number of carbonyl (C=O) groups is 2. The van der Waals surface area contributed by atoms with Crippen molar-refractivity contribution < 1.29 is 14.7 Å². The second-order valence-electron chi connectivity index (χ2n) is 4.92. The SMILES string of the molecule is CC(=O)Nc1sc(C(=O)N/N=C/c2c(O)[nH]c(=O)[nH]c2=O)c(C)c1C#N. The van der Waals surface area contributed by atoms with Gasteiger partial charge in [0, 0.05) is 6.92 Å². The van der Waals surface area contributed by atoms with Crippen LogP contribution in [-0.4, -0.2) is 33.1 Å². The highest BCUT2D eigenvalue weighted by molar-refractivity contribution is 7.18. The third-order valence-electron chi connectivity index (χ3n) is 3.07. The molecule has 11 nitrogen and oxygen atoms in total. The number of aromatic hydroxyl groups is 1. The number of nitriles is 1. The quantitative estimate of drug-likeness (QED) is 0.362. The lowest BCUT2D eigenvalue weighted by Crippen LogP contribution is -2.25. The molecule has 0 saturated heterocycles. The Kier molecular flexibility index (Phi) is 5.33. The number of H-pyrrole nitrogens is 2. The third kappa shape index (κ3) is 3.84. The summed E-state index contributed by atoms with van der Waals surface area (Å²) < 4.78 is 0. The Bertz CT molecular complexity index is 1070. The molecule has 0 atom stereocenters. The van der Waals surface area contributed by atoms with Gasteiger partial charge in [0.05, 0.1) is 11.8 Å². The van der Waals surface area contributed by atoms with E-state index in [0.29, 0.717) is 5.56 Å². The first kappa shape index (κ1) is 18.6. The van der Waals surface area contributed by atoms with Crippen molar-refractivity contribution in [3.05, 3.63) is 42.4 Å². The van der Waals surface area contributed by atoms with E-state index >= 15 is 0 Å². The maximum Gasteiger partial charge on any atom is 0.328 e. The Labute approximate surface area is 149 Å². The van der Waals surface area contributed by atoms with Crippen molar-refractivity contribution in [2.24, 2.45) is 5.10 Å². The summed E-state index contributed by atoms with van der Waals surface area (Å²) in [5, 5.41) is 24.9. The van der Waals surface area contributed by atoms with Crippen LogP contribution in [0.25, 0.3) is 0 Å². The number of hydrogen-bond acceptors (Lipinski definition) is 8. The van der Waals surface area contributed by atoms with E-state index in [4.69, 9.17) is 5.26 Å². The molecule has 5 N–H and O–H groups in total. The number of rotatable bonds is 4. The van der Waals surface area contributed by atoms with E-state index < -0.39 is 23.0 Å². The van der Waals surface area contributed by atoms with Crippen molar-refractivity contribution in [1.82, 2.24) is 15.4 Å². The van der Waals surface area contributed by atoms with Gasteiger partial charge in [0.1, 0.15) is 21.5 Å². The summed E-state index contributed by atoms with van der Waals surface area (Å²) in [5.74, 6) is -1.78. The van der Waals surface area contributed by atoms with E-state index in [2.05, 4.69) is 15.8 Å². The summed E-state index contributed by atoms with van der Waals surface area (Å²) in [5.41, 5.74) is 0.519. The Hall–Kier alpha value is -3.72. The van der Waals surface area contributed by atoms with Gasteiger partial charge in [-0.1, -0.05) is 0 Å². The van der Waals surface area contributed by atoms with Crippen LogP contribution >= 0.6 is 11.3 Å². The van der Waals surface area contributed by atoms with Gasteiger partial charge in [0.15, 0.2) is 0 Å². The molecule has 0 radical (unpaired) electrons. The van der Waals surface area contributed by atoms with Gasteiger partial charge in [0.25, 0.3) is 11.5 Å². The van der Waals surface area contributed by atoms with Crippen molar-refractivity contribution >= 4 is 34.4 Å². The molecule has 2 aromatic heterocycles. The van der Waals surface area contributed by atoms with E-state index in [1.807, 2.05) is 16.0 Å². The molecule has 134 valence electrons. The van der Waals surface area contributed by atoms with Gasteiger partial charge in [-0.2, -0.15) is 10.4 Å². The molecule has 0 saturated carbocycles. The maximum atomic E-state index is 12.2. The zero-order valence-corrected chi connectivity index (χ0v) is 14.3. The van der Waals surface area contributed by atoms with Gasteiger partial charge >= 0.3 is 5.69 Å². The average molecular weight is 376 g/mol. The predicted octanol–water partition coefficient (Wildman–Crippen LogP) is -0.267. The minimum atomic E-state index is -0.892. The Morgan fingerprint density at radius 1 is 1.35 bits per heavy atom. The number of anilines is 1. The summed E-state index contributed by atoms with van der Waals surface area (Å²) in [7, 11) is 0. The lowest BCUT2D eigenvalue weighted by molar-refractivity contribution is -0.114. The van der Waals surface area contributed by atoms with Crippen molar-refractivity contribution in [2.45, 2.75) is 13.8 Å². The largest absolute Gasteiger partial charge is 0.494 e. The molecule has 0 fully saturated rings. The van der Waals surface area contributed by atoms with E-state index in [1.165, 1.54) is 13.8 Å². The minimum absolute atomic E-state index is 0.141. The Balaban J connectivity index is 2.25. The number of aromatic nitrogens is 2. The number of nitrogens with zero attached hydrogens (tertiary/aromatic N) is 2. The normalized spacial score (nSPS) is 10.5. The number of amides is 2. The summed E-state index contributed by atoms with van der Waals surface area (Å²) >= 11 is 0.896. The maximum absolute atomic E-state index is 12.2. The number of aromatic amines is 2. The molecule has 0 aliphatic rings. The smallest absolute Gasteiger partial charge is 0.328 e. The Morgan fingerprint density at radius 2 is 2.04 bits per heavy atom. The van der Waals surface area contributed by atoms with Crippen LogP contribution in [0.4, 0.5) is 5.00 Å². The van der Waals surface area contributed by atoms with Crippen LogP contribution in [0.5, 0.6) is 5.88 Å². The fourth-order valence-electron chi connectivity index (χ4n) is 1.92. The van der Waals surface area contributed by atoms with Gasteiger partial charge in [-0.05, 0) is 12.5 Å². The highest BCUT2D eigenvalue weighted by Gasteiger charge is 2.20. The molecule has 0 unspecified atom stereocenters. The molecule has 0 aromatic carbocycles. The molecule has 2 aromatic rings. The van der Waals surface area contributed by atoms with Gasteiger partial charge < -0.3 is 10.4 Å². The highest BCUT2D eigenvalue weighted by Crippen LogP contribution is 2.32. The molecule has 26 heavy (non-hydrogen) atoms. The molecule has 12 heteroatoms. The lowest BCUT2D eigenvalue weighted by Gasteiger charge is -1.99. The molecule has 2 amide bonds. The fourth-order valence-corrected chi connectivity index (χ4v) is 3.02. The first-order valence-corrected chi connectivity index (χ1v) is 7.76. The third-order valence-corrected chi connectivity index (χ3v) is 4.28. The zero-order valence-electron chi connectivity index (χ0n) is 13.5. The molecule has 0 aliphatic carbocycles. The van der Waals surface area contributed by atoms with Crippen LogP contribution in [0.1, 0.15) is 33.3 Å². The van der Waals surface area contributed by atoms with E-state index in [-0.39, 0.29) is 26.9 Å². The molecule has 0 spiro atoms. The van der Waals surface area contributed by atoms with E-state index in [0.717, 1.165) is 17.6 Å². The van der Waals surface area contributed by atoms with Crippen LogP contribution in [0.15, 0.2) is 14.7 Å². The van der Waals surface area contributed by atoms with Crippen LogP contribution in [0.2, 0.25) is 0 Å². The lowest BCUT2D eigenvalue weighted by atomic mass is 10.1. The van der Waals surface area contributed by atoms with Crippen LogP contribution in [0.3, 0.4) is 0 Å². The van der Waals surface area contributed by atoms with E-state index in [1.54, 1.807) is 0 Å². The molecule has 2 heterocycles. The predicted molar refractivity (Wildman–Crippen MR) is 92.5 cm³/mol. The van der Waals surface area contributed by atoms with Crippen LogP contribution in [-0.2, 0) is 4.79 Å². The van der Waals surface area contributed by atoms with Gasteiger partial charge in [0.2, 0.25) is 11.8 Å². The number of hydrogen-bond donors (Lipinski definition) is 5. The van der Waals surface area contributed by atoms with Crippen molar-refractivity contribution in [2.75, 3.05) is 5.32 Å². The number of hydrazone groups is 1. The van der Waals surface area contributed by atoms with Gasteiger partial charge in [-0.15, -0.1) is 11.3 Å². The molecule has 2 rings (SSSR count). The van der Waals surface area contributed by atoms with Crippen molar-refractivity contribution in [3.63, 3.8) is 0 Å². The van der Waals surface area contributed by atoms with E-state index in [9.17, 15) is 24.3 Å². The van der Waals surface area contributed by atoms with Crippen LogP contribution < -0.4 is 22.0 Å². The molecular formula is C14H12N6O5S. The zero-order chi connectivity index (χ0) is 19.4. The molecule has 0 bridgehead atoms. The Morgan fingerprint density at radius 3 is 2.62 bits per heavy atom. The first-order chi connectivity index (χ1) is 12.2. The standard InChI is InChI=1S/C14H12N6O5S/c1-5-7(3-15)13(17-6(2)21)26-9(5)12(24)20-16-4-8-10(22)18-14(25)19-11(8)23/h4H,1-2H3,(H,17,21)(H,20,24)(H3,18,19,22,23,25)/b16-4+. The van der Waals surface area contributed by atoms with Crippen molar-refractivity contribution in [3.8, 4) is 11.9 Å². The number of nitrogens with one attached hydrogen (secondary N) is 4. The highest BCUT2D eigenvalue weighted by atomic mass is 32.1. The second kappa shape index (κ2) is 7.45. The fraction of sp³-hybridized carbons (Fsp3) is 0.143. The average Bonchev–Trinajstić information content (AvgIpc) is 2.84. The van der Waals surface area contributed by atoms with Gasteiger partial charge in [-0.3, -0.25) is 24.4 Å². The van der Waals surface area contributed by atoms with Crippen molar-refractivity contribution in [1.29, 1.82) is 5.26 Å².